The maximum Gasteiger partial charge on any atom is 0.272 e. The highest BCUT2D eigenvalue weighted by molar-refractivity contribution is 7.17. The molecule has 0 radical (unpaired) electrons. The summed E-state index contributed by atoms with van der Waals surface area (Å²) in [7, 11) is 1.88. The first kappa shape index (κ1) is 20.8. The molecule has 32 heavy (non-hydrogen) atoms. The summed E-state index contributed by atoms with van der Waals surface area (Å²) in [6.07, 6.45) is 4.15. The third kappa shape index (κ3) is 4.18. The first-order valence-corrected chi connectivity index (χ1v) is 11.7. The van der Waals surface area contributed by atoms with E-state index in [1.807, 2.05) is 36.4 Å². The molecular formula is C25H25N3O3S. The normalized spacial score (nSPS) is 14.7. The molecule has 3 aromatic heterocycles. The molecule has 0 unspecified atom stereocenters. The van der Waals surface area contributed by atoms with Crippen molar-refractivity contribution in [2.45, 2.75) is 32.2 Å². The Hall–Kier alpha value is -3.03. The van der Waals surface area contributed by atoms with Crippen molar-refractivity contribution in [2.75, 3.05) is 20.3 Å². The molecule has 7 heteroatoms. The van der Waals surface area contributed by atoms with Gasteiger partial charge in [-0.1, -0.05) is 24.3 Å². The summed E-state index contributed by atoms with van der Waals surface area (Å²) in [4.78, 5) is 24.1. The lowest BCUT2D eigenvalue weighted by atomic mass is 10.0. The van der Waals surface area contributed by atoms with Crippen LogP contribution in [0.1, 0.15) is 40.3 Å². The van der Waals surface area contributed by atoms with E-state index in [1.165, 1.54) is 5.56 Å². The number of nitrogens with zero attached hydrogens (tertiary/aromatic N) is 3. The fraction of sp³-hybridized carbons (Fsp3) is 0.320. The number of hydrogen-bond acceptors (Lipinski definition) is 6. The highest BCUT2D eigenvalue weighted by Crippen LogP contribution is 2.28. The summed E-state index contributed by atoms with van der Waals surface area (Å²) in [5.74, 6) is 0.631. The van der Waals surface area contributed by atoms with Gasteiger partial charge < -0.3 is 14.1 Å². The number of thiophene rings is 1. The second kappa shape index (κ2) is 8.84. The second-order valence-corrected chi connectivity index (χ2v) is 9.10. The number of pyridine rings is 1. The fourth-order valence-corrected chi connectivity index (χ4v) is 5.04. The third-order valence-corrected chi connectivity index (χ3v) is 7.01. The van der Waals surface area contributed by atoms with Crippen molar-refractivity contribution in [2.24, 2.45) is 0 Å². The number of fused-ring (bicyclic) bond motifs is 1. The molecule has 1 amide bonds. The molecule has 5 rings (SSSR count). The molecule has 0 spiro atoms. The molecule has 0 saturated carbocycles. The Morgan fingerprint density at radius 2 is 1.94 bits per heavy atom. The molecule has 1 fully saturated rings. The van der Waals surface area contributed by atoms with Crippen LogP contribution in [-0.2, 0) is 11.2 Å². The Morgan fingerprint density at radius 1 is 1.16 bits per heavy atom. The number of carbonyl (C=O) groups excluding carboxylic acids is 1. The number of carbonyl (C=O) groups is 1. The zero-order valence-electron chi connectivity index (χ0n) is 18.2. The van der Waals surface area contributed by atoms with Crippen molar-refractivity contribution in [3.05, 3.63) is 70.8 Å². The Morgan fingerprint density at radius 3 is 2.66 bits per heavy atom. The molecule has 0 aliphatic carbocycles. The van der Waals surface area contributed by atoms with Crippen LogP contribution < -0.4 is 0 Å². The van der Waals surface area contributed by atoms with Crippen LogP contribution in [0.3, 0.4) is 0 Å². The van der Waals surface area contributed by atoms with Gasteiger partial charge in [0.2, 0.25) is 0 Å². The SMILES string of the molecule is Cc1nc(-c2ccc(Cc3cc(C(=O)N(C)C4CCOCC4)nc4ccsc34)cc2)co1. The molecular weight excluding hydrogens is 422 g/mol. The number of rotatable bonds is 5. The number of hydrogen-bond donors (Lipinski definition) is 0. The van der Waals surface area contributed by atoms with Gasteiger partial charge in [-0.15, -0.1) is 11.3 Å². The number of oxazole rings is 1. The van der Waals surface area contributed by atoms with E-state index in [0.717, 1.165) is 46.3 Å². The Labute approximate surface area is 190 Å². The number of aryl methyl sites for hydroxylation is 1. The summed E-state index contributed by atoms with van der Waals surface area (Å²) in [5.41, 5.74) is 5.54. The molecule has 4 heterocycles. The van der Waals surface area contributed by atoms with Crippen molar-refractivity contribution in [3.63, 3.8) is 0 Å². The van der Waals surface area contributed by atoms with Crippen LogP contribution in [0.25, 0.3) is 21.5 Å². The summed E-state index contributed by atoms with van der Waals surface area (Å²) in [6, 6.07) is 12.5. The quantitative estimate of drug-likeness (QED) is 0.426. The minimum absolute atomic E-state index is 0.0250. The van der Waals surface area contributed by atoms with Gasteiger partial charge in [0.15, 0.2) is 5.89 Å². The van der Waals surface area contributed by atoms with Crippen molar-refractivity contribution >= 4 is 27.5 Å². The van der Waals surface area contributed by atoms with E-state index in [-0.39, 0.29) is 11.9 Å². The molecule has 6 nitrogen and oxygen atoms in total. The van der Waals surface area contributed by atoms with Gasteiger partial charge in [0.05, 0.1) is 10.2 Å². The first-order chi connectivity index (χ1) is 15.6. The molecule has 4 aromatic rings. The van der Waals surface area contributed by atoms with E-state index in [4.69, 9.17) is 9.15 Å². The van der Waals surface area contributed by atoms with Crippen LogP contribution in [0.5, 0.6) is 0 Å². The topological polar surface area (TPSA) is 68.5 Å². The maximum atomic E-state index is 13.2. The number of amides is 1. The zero-order chi connectivity index (χ0) is 22.1. The standard InChI is InChI=1S/C25H25N3O3S/c1-16-26-23(15-31-16)18-5-3-17(4-6-18)13-19-14-22(27-21-9-12-32-24(19)21)25(29)28(2)20-7-10-30-11-8-20/h3-6,9,12,14-15,20H,7-8,10-11,13H2,1-2H3. The van der Waals surface area contributed by atoms with Gasteiger partial charge in [-0.2, -0.15) is 0 Å². The average Bonchev–Trinajstić information content (AvgIpc) is 3.48. The Balaban J connectivity index is 1.41. The minimum atomic E-state index is -0.0250. The lowest BCUT2D eigenvalue weighted by Gasteiger charge is -2.31. The summed E-state index contributed by atoms with van der Waals surface area (Å²) >= 11 is 1.67. The van der Waals surface area contributed by atoms with Crippen molar-refractivity contribution in [1.82, 2.24) is 14.9 Å². The minimum Gasteiger partial charge on any atom is -0.449 e. The first-order valence-electron chi connectivity index (χ1n) is 10.8. The number of ether oxygens (including phenoxy) is 1. The van der Waals surface area contributed by atoms with Crippen LogP contribution in [0.4, 0.5) is 0 Å². The zero-order valence-corrected chi connectivity index (χ0v) is 19.0. The highest BCUT2D eigenvalue weighted by Gasteiger charge is 2.25. The summed E-state index contributed by atoms with van der Waals surface area (Å²) < 4.78 is 11.9. The predicted molar refractivity (Wildman–Crippen MR) is 125 cm³/mol. The monoisotopic (exact) mass is 447 g/mol. The van der Waals surface area contributed by atoms with Gasteiger partial charge in [0.1, 0.15) is 17.7 Å². The van der Waals surface area contributed by atoms with E-state index >= 15 is 0 Å². The van der Waals surface area contributed by atoms with Crippen molar-refractivity contribution in [3.8, 4) is 11.3 Å². The largest absolute Gasteiger partial charge is 0.449 e. The van der Waals surface area contributed by atoms with E-state index in [2.05, 4.69) is 34.2 Å². The third-order valence-electron chi connectivity index (χ3n) is 6.03. The van der Waals surface area contributed by atoms with Crippen LogP contribution in [0, 0.1) is 6.92 Å². The molecule has 0 bridgehead atoms. The fourth-order valence-electron chi connectivity index (χ4n) is 4.19. The second-order valence-electron chi connectivity index (χ2n) is 8.19. The van der Waals surface area contributed by atoms with E-state index in [1.54, 1.807) is 17.6 Å². The lowest BCUT2D eigenvalue weighted by molar-refractivity contribution is 0.0359. The summed E-state index contributed by atoms with van der Waals surface area (Å²) in [5, 5.41) is 2.04. The molecule has 1 aromatic carbocycles. The van der Waals surface area contributed by atoms with E-state index in [9.17, 15) is 4.79 Å². The van der Waals surface area contributed by atoms with Gasteiger partial charge in [-0.3, -0.25) is 4.79 Å². The smallest absolute Gasteiger partial charge is 0.272 e. The van der Waals surface area contributed by atoms with Gasteiger partial charge in [0, 0.05) is 38.8 Å². The van der Waals surface area contributed by atoms with Gasteiger partial charge in [-0.25, -0.2) is 9.97 Å². The van der Waals surface area contributed by atoms with E-state index < -0.39 is 0 Å². The Bertz CT molecular complexity index is 1240. The molecule has 0 N–H and O–H groups in total. The van der Waals surface area contributed by atoms with Gasteiger partial charge in [-0.05, 0) is 47.9 Å². The van der Waals surface area contributed by atoms with E-state index in [0.29, 0.717) is 24.8 Å². The van der Waals surface area contributed by atoms with Crippen LogP contribution in [-0.4, -0.2) is 47.1 Å². The van der Waals surface area contributed by atoms with Crippen LogP contribution in [0.15, 0.2) is 52.5 Å². The maximum absolute atomic E-state index is 13.2. The predicted octanol–water partition coefficient (Wildman–Crippen LogP) is 5.10. The molecule has 1 aliphatic rings. The Kier molecular flexibility index (Phi) is 5.76. The van der Waals surface area contributed by atoms with Gasteiger partial charge in [0.25, 0.3) is 5.91 Å². The number of aromatic nitrogens is 2. The molecule has 1 saturated heterocycles. The van der Waals surface area contributed by atoms with Crippen LogP contribution in [0.2, 0.25) is 0 Å². The number of benzene rings is 1. The van der Waals surface area contributed by atoms with Crippen molar-refractivity contribution < 1.29 is 13.9 Å². The highest BCUT2D eigenvalue weighted by atomic mass is 32.1. The molecule has 164 valence electrons. The lowest BCUT2D eigenvalue weighted by Crippen LogP contribution is -2.41. The molecule has 0 atom stereocenters. The summed E-state index contributed by atoms with van der Waals surface area (Å²) in [6.45, 7) is 3.24. The van der Waals surface area contributed by atoms with Gasteiger partial charge >= 0.3 is 0 Å². The average molecular weight is 448 g/mol. The van der Waals surface area contributed by atoms with Crippen molar-refractivity contribution in [1.29, 1.82) is 0 Å². The van der Waals surface area contributed by atoms with Crippen LogP contribution >= 0.6 is 11.3 Å². The molecule has 1 aliphatic heterocycles.